The number of rotatable bonds is 6. The molecule has 5 rings (SSSR count). The molecule has 11 nitrogen and oxygen atoms in total. The van der Waals surface area contributed by atoms with Gasteiger partial charge in [0.25, 0.3) is 0 Å². The molecule has 34 heavy (non-hydrogen) atoms. The number of nitrogens with zero attached hydrogens (tertiary/aromatic N) is 6. The predicted octanol–water partition coefficient (Wildman–Crippen LogP) is 1.70. The molecule has 1 amide bonds. The van der Waals surface area contributed by atoms with Gasteiger partial charge in [0.05, 0.1) is 19.3 Å². The zero-order valence-electron chi connectivity index (χ0n) is 18.3. The van der Waals surface area contributed by atoms with E-state index in [4.69, 9.17) is 9.47 Å². The molecule has 4 heterocycles. The highest BCUT2D eigenvalue weighted by atomic mass is 19.1. The molecule has 2 fully saturated rings. The SMILES string of the molecule is Cn1nnc(-c2ccc(-c3ccc(N4C[C@H](COC(=O)[C@@H]5CCCN5)OC4=O)cc3F)cn2)n1. The Labute approximate surface area is 193 Å². The Bertz CT molecular complexity index is 1210. The van der Waals surface area contributed by atoms with Crippen molar-refractivity contribution in [3.8, 4) is 22.6 Å². The van der Waals surface area contributed by atoms with Crippen LogP contribution in [0.4, 0.5) is 14.9 Å². The smallest absolute Gasteiger partial charge is 0.414 e. The minimum absolute atomic E-state index is 0.0432. The Kier molecular flexibility index (Phi) is 5.88. The molecule has 0 bridgehead atoms. The minimum Gasteiger partial charge on any atom is -0.461 e. The lowest BCUT2D eigenvalue weighted by Crippen LogP contribution is -2.35. The fraction of sp³-hybridized carbons (Fsp3) is 0.364. The van der Waals surface area contributed by atoms with Crippen LogP contribution in [0.2, 0.25) is 0 Å². The second kappa shape index (κ2) is 9.14. The maximum atomic E-state index is 14.9. The highest BCUT2D eigenvalue weighted by Crippen LogP contribution is 2.29. The van der Waals surface area contributed by atoms with Crippen molar-refractivity contribution >= 4 is 17.7 Å². The normalized spacial score (nSPS) is 19.9. The molecule has 12 heteroatoms. The number of amides is 1. The molecular formula is C22H22FN7O4. The first-order valence-electron chi connectivity index (χ1n) is 10.9. The number of hydrogen-bond donors (Lipinski definition) is 1. The van der Waals surface area contributed by atoms with E-state index in [-0.39, 0.29) is 25.2 Å². The van der Waals surface area contributed by atoms with E-state index >= 15 is 0 Å². The van der Waals surface area contributed by atoms with Crippen LogP contribution >= 0.6 is 0 Å². The molecule has 1 aromatic carbocycles. The minimum atomic E-state index is -0.618. The fourth-order valence-corrected chi connectivity index (χ4v) is 3.96. The molecule has 176 valence electrons. The van der Waals surface area contributed by atoms with Crippen LogP contribution in [0.3, 0.4) is 0 Å². The van der Waals surface area contributed by atoms with Crippen LogP contribution in [-0.2, 0) is 21.3 Å². The summed E-state index contributed by atoms with van der Waals surface area (Å²) in [6.07, 6.45) is 1.95. The number of esters is 1. The van der Waals surface area contributed by atoms with Gasteiger partial charge in [-0.1, -0.05) is 6.07 Å². The highest BCUT2D eigenvalue weighted by Gasteiger charge is 2.34. The van der Waals surface area contributed by atoms with Crippen LogP contribution in [-0.4, -0.2) is 69.1 Å². The molecule has 2 aliphatic rings. The number of nitrogens with one attached hydrogen (secondary N) is 1. The average Bonchev–Trinajstić information content (AvgIpc) is 3.59. The van der Waals surface area contributed by atoms with Gasteiger partial charge in [0, 0.05) is 17.3 Å². The van der Waals surface area contributed by atoms with Crippen LogP contribution in [0.1, 0.15) is 12.8 Å². The van der Waals surface area contributed by atoms with Crippen LogP contribution < -0.4 is 10.2 Å². The molecule has 2 aromatic heterocycles. The van der Waals surface area contributed by atoms with E-state index in [1.54, 1.807) is 31.3 Å². The molecule has 2 aliphatic heterocycles. The number of aromatic nitrogens is 5. The van der Waals surface area contributed by atoms with Gasteiger partial charge >= 0.3 is 12.1 Å². The zero-order valence-corrected chi connectivity index (χ0v) is 18.3. The number of ether oxygens (including phenoxy) is 2. The lowest BCUT2D eigenvalue weighted by molar-refractivity contribution is -0.148. The summed E-state index contributed by atoms with van der Waals surface area (Å²) in [4.78, 5) is 31.3. The number of halogens is 1. The molecule has 0 aliphatic carbocycles. The van der Waals surface area contributed by atoms with E-state index in [1.165, 1.54) is 22.0 Å². The van der Waals surface area contributed by atoms with Gasteiger partial charge in [-0.05, 0) is 48.9 Å². The topological polar surface area (TPSA) is 124 Å². The number of hydrogen-bond acceptors (Lipinski definition) is 9. The predicted molar refractivity (Wildman–Crippen MR) is 117 cm³/mol. The van der Waals surface area contributed by atoms with E-state index in [1.807, 2.05) is 0 Å². The van der Waals surface area contributed by atoms with Crippen molar-refractivity contribution in [3.05, 3.63) is 42.3 Å². The number of anilines is 1. The first-order chi connectivity index (χ1) is 16.5. The van der Waals surface area contributed by atoms with Gasteiger partial charge in [0.15, 0.2) is 6.10 Å². The van der Waals surface area contributed by atoms with Crippen molar-refractivity contribution in [2.24, 2.45) is 7.05 Å². The third-order valence-electron chi connectivity index (χ3n) is 5.71. The third kappa shape index (κ3) is 4.44. The number of benzene rings is 1. The summed E-state index contributed by atoms with van der Waals surface area (Å²) in [5, 5.41) is 14.8. The second-order valence-corrected chi connectivity index (χ2v) is 8.09. The van der Waals surface area contributed by atoms with E-state index in [2.05, 4.69) is 25.7 Å². The van der Waals surface area contributed by atoms with Gasteiger partial charge in [0.1, 0.15) is 24.2 Å². The van der Waals surface area contributed by atoms with Crippen LogP contribution in [0.15, 0.2) is 36.5 Å². The summed E-state index contributed by atoms with van der Waals surface area (Å²) < 4.78 is 25.5. The summed E-state index contributed by atoms with van der Waals surface area (Å²) in [5.74, 6) is -0.492. The van der Waals surface area contributed by atoms with Crippen molar-refractivity contribution in [2.45, 2.75) is 25.0 Å². The third-order valence-corrected chi connectivity index (χ3v) is 5.71. The Hall–Kier alpha value is -3.93. The fourth-order valence-electron chi connectivity index (χ4n) is 3.96. The van der Waals surface area contributed by atoms with Gasteiger partial charge in [-0.3, -0.25) is 14.7 Å². The lowest BCUT2D eigenvalue weighted by atomic mass is 10.1. The van der Waals surface area contributed by atoms with Gasteiger partial charge in [-0.25, -0.2) is 9.18 Å². The Balaban J connectivity index is 1.24. The summed E-state index contributed by atoms with van der Waals surface area (Å²) in [7, 11) is 1.65. The molecular weight excluding hydrogens is 445 g/mol. The molecule has 0 unspecified atom stereocenters. The van der Waals surface area contributed by atoms with Crippen molar-refractivity contribution < 1.29 is 23.5 Å². The largest absolute Gasteiger partial charge is 0.461 e. The van der Waals surface area contributed by atoms with E-state index in [9.17, 15) is 14.0 Å². The van der Waals surface area contributed by atoms with E-state index < -0.39 is 18.0 Å². The molecule has 0 saturated carbocycles. The standard InChI is InChI=1S/C22H22FN7O4/c1-29-27-20(26-28-29)18-7-4-13(10-25-18)16-6-5-14(9-17(16)23)30-11-15(34-22(30)32)12-33-21(31)19-3-2-8-24-19/h4-7,9-10,15,19,24H,2-3,8,11-12H2,1H3/t15-,19+/m1/s1. The molecule has 2 atom stereocenters. The van der Waals surface area contributed by atoms with Crippen LogP contribution in [0.25, 0.3) is 22.6 Å². The van der Waals surface area contributed by atoms with Crippen molar-refractivity contribution in [2.75, 3.05) is 24.6 Å². The number of pyridine rings is 1. The second-order valence-electron chi connectivity index (χ2n) is 8.09. The first kappa shape index (κ1) is 21.9. The quantitative estimate of drug-likeness (QED) is 0.539. The Morgan fingerprint density at radius 2 is 2.21 bits per heavy atom. The van der Waals surface area contributed by atoms with Gasteiger partial charge in [-0.2, -0.15) is 4.80 Å². The molecule has 1 N–H and O–H groups in total. The van der Waals surface area contributed by atoms with Crippen molar-refractivity contribution in [1.29, 1.82) is 0 Å². The Morgan fingerprint density at radius 3 is 2.88 bits per heavy atom. The maximum Gasteiger partial charge on any atom is 0.414 e. The summed E-state index contributed by atoms with van der Waals surface area (Å²) in [6, 6.07) is 7.57. The van der Waals surface area contributed by atoms with Crippen LogP contribution in [0, 0.1) is 5.82 Å². The summed E-state index contributed by atoms with van der Waals surface area (Å²) in [6.45, 7) is 0.898. The molecule has 3 aromatic rings. The Morgan fingerprint density at radius 1 is 1.32 bits per heavy atom. The van der Waals surface area contributed by atoms with E-state index in [0.717, 1.165) is 19.4 Å². The van der Waals surface area contributed by atoms with E-state index in [0.29, 0.717) is 28.3 Å². The first-order valence-corrected chi connectivity index (χ1v) is 10.9. The van der Waals surface area contributed by atoms with Crippen molar-refractivity contribution in [1.82, 2.24) is 30.5 Å². The number of aryl methyl sites for hydroxylation is 1. The molecule has 0 spiro atoms. The monoisotopic (exact) mass is 467 g/mol. The van der Waals surface area contributed by atoms with Gasteiger partial charge < -0.3 is 14.8 Å². The maximum absolute atomic E-state index is 14.9. The number of cyclic esters (lactones) is 1. The number of carbonyl (C=O) groups is 2. The molecule has 0 radical (unpaired) electrons. The summed E-state index contributed by atoms with van der Waals surface area (Å²) >= 11 is 0. The van der Waals surface area contributed by atoms with Gasteiger partial charge in [-0.15, -0.1) is 10.2 Å². The average molecular weight is 467 g/mol. The number of carbonyl (C=O) groups excluding carboxylic acids is 2. The highest BCUT2D eigenvalue weighted by molar-refractivity contribution is 5.90. The molecule has 2 saturated heterocycles. The van der Waals surface area contributed by atoms with Gasteiger partial charge in [0.2, 0.25) is 5.82 Å². The number of tetrazole rings is 1. The lowest BCUT2D eigenvalue weighted by Gasteiger charge is -2.15. The van der Waals surface area contributed by atoms with Crippen molar-refractivity contribution in [3.63, 3.8) is 0 Å². The van der Waals surface area contributed by atoms with Crippen LogP contribution in [0.5, 0.6) is 0 Å². The zero-order chi connectivity index (χ0) is 23.7. The summed E-state index contributed by atoms with van der Waals surface area (Å²) in [5.41, 5.74) is 1.76.